The van der Waals surface area contributed by atoms with Gasteiger partial charge in [-0.3, -0.25) is 4.57 Å². The Bertz CT molecular complexity index is 919. The number of nitrogens with one attached hydrogen (secondary N) is 1. The third-order valence-electron chi connectivity index (χ3n) is 4.26. The van der Waals surface area contributed by atoms with Gasteiger partial charge in [0.05, 0.1) is 12.9 Å². The smallest absolute Gasteiger partial charge is 0.167 e. The number of fused-ring (bicyclic) bond motifs is 1. The number of benzene rings is 1. The Morgan fingerprint density at radius 3 is 2.58 bits per heavy atom. The van der Waals surface area contributed by atoms with Crippen molar-refractivity contribution in [2.45, 2.75) is 24.5 Å². The number of ether oxygens (including phenoxy) is 1. The molecule has 3 heterocycles. The Morgan fingerprint density at radius 1 is 1.12 bits per heavy atom. The van der Waals surface area contributed by atoms with Crippen LogP contribution >= 0.6 is 0 Å². The van der Waals surface area contributed by atoms with Crippen molar-refractivity contribution in [1.29, 1.82) is 0 Å². The van der Waals surface area contributed by atoms with E-state index in [1.165, 1.54) is 29.4 Å². The van der Waals surface area contributed by atoms with E-state index in [-0.39, 0.29) is 5.82 Å². The summed E-state index contributed by atoms with van der Waals surface area (Å²) in [4.78, 5) is 12.6. The molecule has 0 unspecified atom stereocenters. The van der Waals surface area contributed by atoms with E-state index in [4.69, 9.17) is 4.74 Å². The van der Waals surface area contributed by atoms with E-state index in [9.17, 15) is 19.7 Å². The maximum absolute atomic E-state index is 13.0. The van der Waals surface area contributed by atoms with Crippen molar-refractivity contribution in [1.82, 2.24) is 19.5 Å². The fourth-order valence-corrected chi connectivity index (χ4v) is 2.91. The topological polar surface area (TPSA) is 126 Å². The Labute approximate surface area is 146 Å². The molecule has 4 rings (SSSR count). The summed E-state index contributed by atoms with van der Waals surface area (Å²) in [5.41, 5.74) is 1.41. The van der Waals surface area contributed by atoms with Crippen LogP contribution in [0.2, 0.25) is 0 Å². The molecule has 4 N–H and O–H groups in total. The van der Waals surface area contributed by atoms with Gasteiger partial charge in [0.1, 0.15) is 30.5 Å². The molecule has 136 valence electrons. The number of aromatic nitrogens is 4. The Balaban J connectivity index is 1.68. The predicted molar refractivity (Wildman–Crippen MR) is 88.0 cm³/mol. The zero-order valence-electron chi connectivity index (χ0n) is 13.4. The monoisotopic (exact) mass is 361 g/mol. The zero-order valence-corrected chi connectivity index (χ0v) is 13.4. The molecular weight excluding hydrogens is 345 g/mol. The van der Waals surface area contributed by atoms with Crippen LogP contribution in [0, 0.1) is 5.82 Å². The summed E-state index contributed by atoms with van der Waals surface area (Å²) in [5.74, 6) is 0.0455. The van der Waals surface area contributed by atoms with Crippen LogP contribution in [0.3, 0.4) is 0 Å². The molecule has 1 fully saturated rings. The van der Waals surface area contributed by atoms with E-state index < -0.39 is 31.1 Å². The highest BCUT2D eigenvalue weighted by Crippen LogP contribution is 2.32. The number of aliphatic hydroxyl groups excluding tert-OH is 3. The number of anilines is 2. The lowest BCUT2D eigenvalue weighted by Gasteiger charge is -2.16. The fourth-order valence-electron chi connectivity index (χ4n) is 2.91. The predicted octanol–water partition coefficient (Wildman–Crippen LogP) is 0.320. The van der Waals surface area contributed by atoms with Gasteiger partial charge < -0.3 is 25.4 Å². The molecule has 10 heteroatoms. The molecule has 2 aromatic heterocycles. The number of halogens is 1. The first kappa shape index (κ1) is 16.8. The van der Waals surface area contributed by atoms with Crippen LogP contribution in [0.25, 0.3) is 11.2 Å². The Hall–Kier alpha value is -2.66. The standard InChI is InChI=1S/C16H16FN5O4/c17-8-1-3-9(4-2-8)21-14-11-15(19-6-18-14)22(7-20-11)16-13(25)12(24)10(5-23)26-16/h1-4,6-7,10,12-13,16,23-25H,5H2,(H,18,19,21)/t10-,12-,13-,16-/m1/s1. The average Bonchev–Trinajstić information content (AvgIpc) is 3.19. The van der Waals surface area contributed by atoms with Crippen LogP contribution in [0.15, 0.2) is 36.9 Å². The molecule has 1 aromatic carbocycles. The summed E-state index contributed by atoms with van der Waals surface area (Å²) in [6.07, 6.45) is -1.58. The third-order valence-corrected chi connectivity index (χ3v) is 4.26. The quantitative estimate of drug-likeness (QED) is 0.524. The molecule has 0 saturated carbocycles. The number of hydrogen-bond donors (Lipinski definition) is 4. The van der Waals surface area contributed by atoms with Gasteiger partial charge in [0, 0.05) is 5.69 Å². The highest BCUT2D eigenvalue weighted by Gasteiger charge is 2.44. The zero-order chi connectivity index (χ0) is 18.3. The summed E-state index contributed by atoms with van der Waals surface area (Å²) < 4.78 is 20.0. The van der Waals surface area contributed by atoms with E-state index >= 15 is 0 Å². The second-order valence-corrected chi connectivity index (χ2v) is 5.91. The van der Waals surface area contributed by atoms with Crippen molar-refractivity contribution in [2.24, 2.45) is 0 Å². The van der Waals surface area contributed by atoms with Crippen LogP contribution in [0.5, 0.6) is 0 Å². The van der Waals surface area contributed by atoms with Gasteiger partial charge in [-0.15, -0.1) is 0 Å². The molecule has 0 aliphatic carbocycles. The van der Waals surface area contributed by atoms with Crippen LogP contribution in [-0.4, -0.2) is 59.8 Å². The van der Waals surface area contributed by atoms with Crippen molar-refractivity contribution >= 4 is 22.7 Å². The fraction of sp³-hybridized carbons (Fsp3) is 0.312. The van der Waals surface area contributed by atoms with Crippen molar-refractivity contribution in [2.75, 3.05) is 11.9 Å². The van der Waals surface area contributed by atoms with Gasteiger partial charge >= 0.3 is 0 Å². The number of imidazole rings is 1. The number of rotatable bonds is 4. The summed E-state index contributed by atoms with van der Waals surface area (Å²) in [6, 6.07) is 5.76. The van der Waals surface area contributed by atoms with Gasteiger partial charge in [0.15, 0.2) is 23.2 Å². The molecule has 0 bridgehead atoms. The summed E-state index contributed by atoms with van der Waals surface area (Å²) >= 11 is 0. The van der Waals surface area contributed by atoms with Crippen molar-refractivity contribution < 1.29 is 24.4 Å². The van der Waals surface area contributed by atoms with E-state index in [1.54, 1.807) is 12.1 Å². The maximum atomic E-state index is 13.0. The molecular formula is C16H16FN5O4. The van der Waals surface area contributed by atoms with E-state index in [0.29, 0.717) is 22.7 Å². The van der Waals surface area contributed by atoms with Crippen LogP contribution < -0.4 is 5.32 Å². The van der Waals surface area contributed by atoms with Gasteiger partial charge in [-0.2, -0.15) is 0 Å². The van der Waals surface area contributed by atoms with Crippen molar-refractivity contribution in [3.05, 3.63) is 42.7 Å². The minimum Gasteiger partial charge on any atom is -0.394 e. The molecule has 0 spiro atoms. The van der Waals surface area contributed by atoms with Crippen molar-refractivity contribution in [3.63, 3.8) is 0 Å². The highest BCUT2D eigenvalue weighted by molar-refractivity contribution is 5.85. The van der Waals surface area contributed by atoms with Crippen LogP contribution in [-0.2, 0) is 4.74 Å². The van der Waals surface area contributed by atoms with Gasteiger partial charge in [-0.05, 0) is 24.3 Å². The van der Waals surface area contributed by atoms with Gasteiger partial charge in [0.25, 0.3) is 0 Å². The van der Waals surface area contributed by atoms with E-state index in [2.05, 4.69) is 20.3 Å². The molecule has 1 aliphatic rings. The number of aliphatic hydroxyl groups is 3. The molecule has 3 aromatic rings. The highest BCUT2D eigenvalue weighted by atomic mass is 19.1. The van der Waals surface area contributed by atoms with Crippen molar-refractivity contribution in [3.8, 4) is 0 Å². The first-order valence-electron chi connectivity index (χ1n) is 7.91. The molecule has 1 saturated heterocycles. The molecule has 1 aliphatic heterocycles. The first-order chi connectivity index (χ1) is 12.6. The van der Waals surface area contributed by atoms with Gasteiger partial charge in [-0.1, -0.05) is 0 Å². The maximum Gasteiger partial charge on any atom is 0.167 e. The normalized spacial score (nSPS) is 25.7. The second kappa shape index (κ2) is 6.57. The average molecular weight is 361 g/mol. The summed E-state index contributed by atoms with van der Waals surface area (Å²) in [5, 5.41) is 32.4. The van der Waals surface area contributed by atoms with Crippen LogP contribution in [0.4, 0.5) is 15.9 Å². The minimum atomic E-state index is -1.24. The van der Waals surface area contributed by atoms with E-state index in [0.717, 1.165) is 0 Å². The van der Waals surface area contributed by atoms with E-state index in [1.807, 2.05) is 0 Å². The van der Waals surface area contributed by atoms with Gasteiger partial charge in [0.2, 0.25) is 0 Å². The van der Waals surface area contributed by atoms with Gasteiger partial charge in [-0.25, -0.2) is 19.3 Å². The lowest BCUT2D eigenvalue weighted by atomic mass is 10.1. The largest absolute Gasteiger partial charge is 0.394 e. The molecule has 26 heavy (non-hydrogen) atoms. The number of hydrogen-bond acceptors (Lipinski definition) is 8. The lowest BCUT2D eigenvalue weighted by Crippen LogP contribution is -2.33. The second-order valence-electron chi connectivity index (χ2n) is 5.91. The minimum absolute atomic E-state index is 0.350. The molecule has 0 amide bonds. The lowest BCUT2D eigenvalue weighted by molar-refractivity contribution is -0.0511. The summed E-state index contributed by atoms with van der Waals surface area (Å²) in [7, 11) is 0. The van der Waals surface area contributed by atoms with Crippen LogP contribution in [0.1, 0.15) is 6.23 Å². The SMILES string of the molecule is OC[C@H]1O[C@@H](n2cnc3c(Nc4ccc(F)cc4)ncnc32)[C@H](O)[C@@H]1O. The first-order valence-corrected chi connectivity index (χ1v) is 7.91. The Kier molecular flexibility index (Phi) is 4.24. The molecule has 0 radical (unpaired) electrons. The molecule has 4 atom stereocenters. The number of nitrogens with zero attached hydrogens (tertiary/aromatic N) is 4. The molecule has 9 nitrogen and oxygen atoms in total. The third kappa shape index (κ3) is 2.78. The summed E-state index contributed by atoms with van der Waals surface area (Å²) in [6.45, 7) is -0.423. The Morgan fingerprint density at radius 2 is 1.88 bits per heavy atom.